The summed E-state index contributed by atoms with van der Waals surface area (Å²) in [6.07, 6.45) is 0.261. The molecule has 1 rings (SSSR count). The van der Waals surface area contributed by atoms with Crippen molar-refractivity contribution in [2.24, 2.45) is 5.41 Å². The van der Waals surface area contributed by atoms with Gasteiger partial charge < -0.3 is 10.6 Å². The first-order chi connectivity index (χ1) is 9.20. The molecular formula is C15H21BrN2O2. The van der Waals surface area contributed by atoms with Gasteiger partial charge in [0.25, 0.3) is 0 Å². The van der Waals surface area contributed by atoms with Gasteiger partial charge in [0.1, 0.15) is 0 Å². The van der Waals surface area contributed by atoms with Crippen LogP contribution in [0.5, 0.6) is 0 Å². The number of aryl methyl sites for hydroxylation is 1. The molecule has 1 aromatic rings. The second kappa shape index (κ2) is 6.88. The van der Waals surface area contributed by atoms with E-state index in [0.29, 0.717) is 6.54 Å². The quantitative estimate of drug-likeness (QED) is 0.883. The molecule has 4 nitrogen and oxygen atoms in total. The fourth-order valence-electron chi connectivity index (χ4n) is 1.53. The van der Waals surface area contributed by atoms with Crippen LogP contribution in [0.25, 0.3) is 0 Å². The van der Waals surface area contributed by atoms with Gasteiger partial charge in [0, 0.05) is 28.5 Å². The number of carbonyl (C=O) groups is 2. The Kier molecular flexibility index (Phi) is 5.74. The van der Waals surface area contributed by atoms with Gasteiger partial charge in [-0.3, -0.25) is 9.59 Å². The molecule has 0 aliphatic heterocycles. The SMILES string of the molecule is Cc1cc(Br)ccc1NC(=O)CCNC(=O)C(C)(C)C. The van der Waals surface area contributed by atoms with Gasteiger partial charge >= 0.3 is 0 Å². The monoisotopic (exact) mass is 340 g/mol. The van der Waals surface area contributed by atoms with Gasteiger partial charge in [0.2, 0.25) is 11.8 Å². The van der Waals surface area contributed by atoms with Crippen molar-refractivity contribution in [1.29, 1.82) is 0 Å². The van der Waals surface area contributed by atoms with E-state index in [0.717, 1.165) is 15.7 Å². The molecule has 0 atom stereocenters. The number of carbonyl (C=O) groups excluding carboxylic acids is 2. The van der Waals surface area contributed by atoms with Crippen molar-refractivity contribution >= 4 is 33.4 Å². The Bertz CT molecular complexity index is 507. The predicted octanol–water partition coefficient (Wildman–Crippen LogP) is 3.25. The Labute approximate surface area is 128 Å². The van der Waals surface area contributed by atoms with E-state index in [2.05, 4.69) is 26.6 Å². The molecule has 0 aromatic heterocycles. The number of benzene rings is 1. The number of hydrogen-bond donors (Lipinski definition) is 2. The summed E-state index contributed by atoms with van der Waals surface area (Å²) in [7, 11) is 0. The van der Waals surface area contributed by atoms with E-state index in [1.54, 1.807) is 0 Å². The first kappa shape index (κ1) is 16.7. The molecule has 0 saturated carbocycles. The fourth-order valence-corrected chi connectivity index (χ4v) is 2.01. The molecule has 0 saturated heterocycles. The lowest BCUT2D eigenvalue weighted by Crippen LogP contribution is -2.36. The van der Waals surface area contributed by atoms with Crippen LogP contribution in [-0.4, -0.2) is 18.4 Å². The molecule has 0 heterocycles. The maximum Gasteiger partial charge on any atom is 0.226 e. The first-order valence-corrected chi connectivity index (χ1v) is 7.34. The van der Waals surface area contributed by atoms with Gasteiger partial charge in [-0.25, -0.2) is 0 Å². The highest BCUT2D eigenvalue weighted by molar-refractivity contribution is 9.10. The Morgan fingerprint density at radius 3 is 2.45 bits per heavy atom. The zero-order chi connectivity index (χ0) is 15.3. The highest BCUT2D eigenvalue weighted by Gasteiger charge is 2.20. The number of rotatable bonds is 4. The Morgan fingerprint density at radius 1 is 1.25 bits per heavy atom. The maximum atomic E-state index is 11.8. The second-order valence-corrected chi connectivity index (χ2v) is 6.68. The minimum absolute atomic E-state index is 0.0508. The van der Waals surface area contributed by atoms with Crippen LogP contribution in [0, 0.1) is 12.3 Å². The lowest BCUT2D eigenvalue weighted by atomic mass is 9.96. The highest BCUT2D eigenvalue weighted by Crippen LogP contribution is 2.20. The van der Waals surface area contributed by atoms with Gasteiger partial charge in [-0.05, 0) is 30.7 Å². The summed E-state index contributed by atoms with van der Waals surface area (Å²) in [6.45, 7) is 7.80. The minimum atomic E-state index is -0.432. The third kappa shape index (κ3) is 5.33. The minimum Gasteiger partial charge on any atom is -0.355 e. The van der Waals surface area contributed by atoms with Crippen LogP contribution in [0.15, 0.2) is 22.7 Å². The van der Waals surface area contributed by atoms with Crippen molar-refractivity contribution < 1.29 is 9.59 Å². The number of halogens is 1. The van der Waals surface area contributed by atoms with Gasteiger partial charge in [0.05, 0.1) is 0 Å². The summed E-state index contributed by atoms with van der Waals surface area (Å²) in [5.74, 6) is -0.158. The second-order valence-electron chi connectivity index (χ2n) is 5.76. The van der Waals surface area contributed by atoms with Crippen molar-refractivity contribution in [2.75, 3.05) is 11.9 Å². The zero-order valence-electron chi connectivity index (χ0n) is 12.3. The summed E-state index contributed by atoms with van der Waals surface area (Å²) in [5.41, 5.74) is 1.35. The third-order valence-electron chi connectivity index (χ3n) is 2.78. The summed E-state index contributed by atoms with van der Waals surface area (Å²) < 4.78 is 0.977. The summed E-state index contributed by atoms with van der Waals surface area (Å²) in [5, 5.41) is 5.59. The third-order valence-corrected chi connectivity index (χ3v) is 3.27. The van der Waals surface area contributed by atoms with Crippen LogP contribution >= 0.6 is 15.9 Å². The largest absolute Gasteiger partial charge is 0.355 e. The normalized spacial score (nSPS) is 11.1. The molecular weight excluding hydrogens is 320 g/mol. The van der Waals surface area contributed by atoms with Crippen molar-refractivity contribution in [2.45, 2.75) is 34.1 Å². The maximum absolute atomic E-state index is 11.8. The van der Waals surface area contributed by atoms with Gasteiger partial charge in [0.15, 0.2) is 0 Å². The van der Waals surface area contributed by atoms with Crippen LogP contribution < -0.4 is 10.6 Å². The van der Waals surface area contributed by atoms with E-state index >= 15 is 0 Å². The lowest BCUT2D eigenvalue weighted by Gasteiger charge is -2.17. The molecule has 110 valence electrons. The predicted molar refractivity (Wildman–Crippen MR) is 84.6 cm³/mol. The number of nitrogens with one attached hydrogen (secondary N) is 2. The van der Waals surface area contributed by atoms with Crippen LogP contribution in [0.1, 0.15) is 32.8 Å². The van der Waals surface area contributed by atoms with Crippen LogP contribution in [0.4, 0.5) is 5.69 Å². The molecule has 0 aliphatic carbocycles. The molecule has 2 N–H and O–H groups in total. The van der Waals surface area contributed by atoms with Gasteiger partial charge in [-0.15, -0.1) is 0 Å². The Hall–Kier alpha value is -1.36. The van der Waals surface area contributed by atoms with Crippen molar-refractivity contribution in [3.8, 4) is 0 Å². The number of hydrogen-bond acceptors (Lipinski definition) is 2. The number of amides is 2. The lowest BCUT2D eigenvalue weighted by molar-refractivity contribution is -0.128. The van der Waals surface area contributed by atoms with Crippen LogP contribution in [-0.2, 0) is 9.59 Å². The summed E-state index contributed by atoms with van der Waals surface area (Å²) in [6, 6.07) is 5.67. The standard InChI is InChI=1S/C15H21BrN2O2/c1-10-9-11(16)5-6-12(10)18-13(19)7-8-17-14(20)15(2,3)4/h5-6,9H,7-8H2,1-4H3,(H,17,20)(H,18,19). The zero-order valence-corrected chi connectivity index (χ0v) is 13.9. The summed E-state index contributed by atoms with van der Waals surface area (Å²) >= 11 is 3.38. The van der Waals surface area contributed by atoms with Crippen LogP contribution in [0.3, 0.4) is 0 Å². The van der Waals surface area contributed by atoms with Crippen molar-refractivity contribution in [3.63, 3.8) is 0 Å². The summed E-state index contributed by atoms with van der Waals surface area (Å²) in [4.78, 5) is 23.5. The van der Waals surface area contributed by atoms with Crippen molar-refractivity contribution in [1.82, 2.24) is 5.32 Å². The average Bonchev–Trinajstić information content (AvgIpc) is 2.31. The molecule has 0 bridgehead atoms. The van der Waals surface area contributed by atoms with E-state index < -0.39 is 5.41 Å². The smallest absolute Gasteiger partial charge is 0.226 e. The van der Waals surface area contributed by atoms with Crippen LogP contribution in [0.2, 0.25) is 0 Å². The fraction of sp³-hybridized carbons (Fsp3) is 0.467. The number of anilines is 1. The molecule has 5 heteroatoms. The highest BCUT2D eigenvalue weighted by atomic mass is 79.9. The molecule has 0 radical (unpaired) electrons. The van der Waals surface area contributed by atoms with E-state index in [1.807, 2.05) is 45.9 Å². The van der Waals surface area contributed by atoms with E-state index in [1.165, 1.54) is 0 Å². The topological polar surface area (TPSA) is 58.2 Å². The molecule has 2 amide bonds. The first-order valence-electron chi connectivity index (χ1n) is 6.54. The average molecular weight is 341 g/mol. The van der Waals surface area contributed by atoms with Gasteiger partial charge in [-0.2, -0.15) is 0 Å². The molecule has 20 heavy (non-hydrogen) atoms. The molecule has 1 aromatic carbocycles. The molecule has 0 unspecified atom stereocenters. The Balaban J connectivity index is 2.43. The molecule has 0 spiro atoms. The molecule has 0 fully saturated rings. The van der Waals surface area contributed by atoms with E-state index in [4.69, 9.17) is 0 Å². The molecule has 0 aliphatic rings. The Morgan fingerprint density at radius 2 is 1.90 bits per heavy atom. The van der Waals surface area contributed by atoms with E-state index in [9.17, 15) is 9.59 Å². The van der Waals surface area contributed by atoms with Gasteiger partial charge in [-0.1, -0.05) is 36.7 Å². The van der Waals surface area contributed by atoms with Crippen molar-refractivity contribution in [3.05, 3.63) is 28.2 Å². The van der Waals surface area contributed by atoms with E-state index in [-0.39, 0.29) is 18.2 Å².